The van der Waals surface area contributed by atoms with Crippen molar-refractivity contribution in [3.05, 3.63) is 101 Å². The van der Waals surface area contributed by atoms with Gasteiger partial charge >= 0.3 is 0 Å². The zero-order chi connectivity index (χ0) is 24.7. The molecule has 1 unspecified atom stereocenters. The Labute approximate surface area is 203 Å². The first-order chi connectivity index (χ1) is 16.9. The number of rotatable bonds is 5. The molecule has 1 aliphatic heterocycles. The molecule has 6 nitrogen and oxygen atoms in total. The number of benzene rings is 3. The number of ether oxygens (including phenoxy) is 1. The van der Waals surface area contributed by atoms with E-state index in [1.807, 2.05) is 54.2 Å². The van der Waals surface area contributed by atoms with Crippen LogP contribution in [0.5, 0.6) is 5.75 Å². The Morgan fingerprint density at radius 3 is 2.31 bits per heavy atom. The fraction of sp³-hybridized carbons (Fsp3) is 0.172. The van der Waals surface area contributed by atoms with Crippen molar-refractivity contribution in [3.8, 4) is 5.75 Å². The van der Waals surface area contributed by atoms with E-state index in [1.165, 1.54) is 4.90 Å². The second-order valence-electron chi connectivity index (χ2n) is 8.63. The van der Waals surface area contributed by atoms with Gasteiger partial charge in [0, 0.05) is 41.0 Å². The number of carbonyl (C=O) groups is 2. The summed E-state index contributed by atoms with van der Waals surface area (Å²) in [6, 6.07) is 21.4. The third kappa shape index (κ3) is 3.67. The zero-order valence-corrected chi connectivity index (χ0v) is 19.9. The molecule has 4 aromatic rings. The Kier molecular flexibility index (Phi) is 5.65. The van der Waals surface area contributed by atoms with E-state index >= 15 is 0 Å². The molecule has 1 atom stereocenters. The van der Waals surface area contributed by atoms with Gasteiger partial charge in [-0.1, -0.05) is 49.4 Å². The maximum atomic E-state index is 13.4. The molecule has 2 heterocycles. The van der Waals surface area contributed by atoms with Gasteiger partial charge in [0.15, 0.2) is 0 Å². The largest absolute Gasteiger partial charge is 0.507 e. The van der Waals surface area contributed by atoms with E-state index in [0.29, 0.717) is 17.0 Å². The SMILES string of the molecule is CCc1ccc(/C(O)=C2\C(=O)C(=O)N(c3ccc(OC)cc3)C2c2cn(C)c3ccccc23)cc1. The average molecular weight is 467 g/mol. The Balaban J connectivity index is 1.76. The molecule has 3 aromatic carbocycles. The van der Waals surface area contributed by atoms with Crippen LogP contribution in [0.3, 0.4) is 0 Å². The summed E-state index contributed by atoms with van der Waals surface area (Å²) in [6.45, 7) is 2.05. The van der Waals surface area contributed by atoms with Gasteiger partial charge < -0.3 is 14.4 Å². The maximum Gasteiger partial charge on any atom is 0.300 e. The molecule has 1 N–H and O–H groups in total. The van der Waals surface area contributed by atoms with Gasteiger partial charge in [0.25, 0.3) is 11.7 Å². The molecule has 0 bridgehead atoms. The third-order valence-electron chi connectivity index (χ3n) is 6.65. The average Bonchev–Trinajstić information content (AvgIpc) is 3.37. The van der Waals surface area contributed by atoms with Gasteiger partial charge in [-0.2, -0.15) is 0 Å². The highest BCUT2D eigenvalue weighted by molar-refractivity contribution is 6.51. The van der Waals surface area contributed by atoms with E-state index < -0.39 is 17.7 Å². The van der Waals surface area contributed by atoms with Gasteiger partial charge in [-0.25, -0.2) is 0 Å². The number of aliphatic hydroxyl groups excluding tert-OH is 1. The van der Waals surface area contributed by atoms with Crippen LogP contribution in [0.2, 0.25) is 0 Å². The fourth-order valence-electron chi connectivity index (χ4n) is 4.78. The molecular formula is C29H26N2O4. The number of aryl methyl sites for hydroxylation is 2. The Hall–Kier alpha value is -4.32. The second-order valence-corrected chi connectivity index (χ2v) is 8.63. The monoisotopic (exact) mass is 466 g/mol. The number of ketones is 1. The topological polar surface area (TPSA) is 71.8 Å². The number of hydrogen-bond donors (Lipinski definition) is 1. The number of anilines is 1. The van der Waals surface area contributed by atoms with Gasteiger partial charge in [-0.05, 0) is 42.3 Å². The molecule has 0 radical (unpaired) electrons. The lowest BCUT2D eigenvalue weighted by Crippen LogP contribution is -2.29. The number of fused-ring (bicyclic) bond motifs is 1. The van der Waals surface area contributed by atoms with Gasteiger partial charge in [0.1, 0.15) is 11.5 Å². The predicted octanol–water partition coefficient (Wildman–Crippen LogP) is 5.38. The molecular weight excluding hydrogens is 440 g/mol. The lowest BCUT2D eigenvalue weighted by molar-refractivity contribution is -0.132. The highest BCUT2D eigenvalue weighted by Crippen LogP contribution is 2.44. The van der Waals surface area contributed by atoms with Crippen LogP contribution < -0.4 is 9.64 Å². The quantitative estimate of drug-likeness (QED) is 0.244. The summed E-state index contributed by atoms with van der Waals surface area (Å²) >= 11 is 0. The summed E-state index contributed by atoms with van der Waals surface area (Å²) in [5.74, 6) is -0.932. The van der Waals surface area contributed by atoms with E-state index in [4.69, 9.17) is 4.74 Å². The van der Waals surface area contributed by atoms with Crippen molar-refractivity contribution >= 4 is 34.0 Å². The highest BCUT2D eigenvalue weighted by atomic mass is 16.5. The Bertz CT molecular complexity index is 1460. The minimum Gasteiger partial charge on any atom is -0.507 e. The molecule has 6 heteroatoms. The summed E-state index contributed by atoms with van der Waals surface area (Å²) in [6.07, 6.45) is 2.78. The third-order valence-corrected chi connectivity index (χ3v) is 6.65. The molecule has 1 fully saturated rings. The lowest BCUT2D eigenvalue weighted by Gasteiger charge is -2.25. The minimum atomic E-state index is -0.791. The summed E-state index contributed by atoms with van der Waals surface area (Å²) in [5.41, 5.74) is 3.98. The number of aromatic nitrogens is 1. The molecule has 5 rings (SSSR count). The number of carbonyl (C=O) groups excluding carboxylic acids is 2. The van der Waals surface area contributed by atoms with Crippen LogP contribution in [0.4, 0.5) is 5.69 Å². The number of amides is 1. The number of methoxy groups -OCH3 is 1. The van der Waals surface area contributed by atoms with Gasteiger partial charge in [0.2, 0.25) is 0 Å². The smallest absolute Gasteiger partial charge is 0.300 e. The van der Waals surface area contributed by atoms with Crippen molar-refractivity contribution < 1.29 is 19.4 Å². The molecule has 1 amide bonds. The first-order valence-electron chi connectivity index (χ1n) is 11.5. The first-order valence-corrected chi connectivity index (χ1v) is 11.5. The van der Waals surface area contributed by atoms with Crippen molar-refractivity contribution in [2.75, 3.05) is 12.0 Å². The summed E-state index contributed by atoms with van der Waals surface area (Å²) in [5, 5.41) is 12.3. The molecule has 176 valence electrons. The van der Waals surface area contributed by atoms with Crippen LogP contribution in [0, 0.1) is 0 Å². The summed E-state index contributed by atoms with van der Waals surface area (Å²) in [7, 11) is 3.50. The van der Waals surface area contributed by atoms with Crippen molar-refractivity contribution in [1.29, 1.82) is 0 Å². The van der Waals surface area contributed by atoms with Crippen LogP contribution in [0.1, 0.15) is 29.7 Å². The molecule has 35 heavy (non-hydrogen) atoms. The van der Waals surface area contributed by atoms with Crippen LogP contribution in [-0.2, 0) is 23.1 Å². The molecule has 1 saturated heterocycles. The van der Waals surface area contributed by atoms with E-state index in [0.717, 1.165) is 28.5 Å². The highest BCUT2D eigenvalue weighted by Gasteiger charge is 2.47. The molecule has 0 saturated carbocycles. The molecule has 1 aliphatic rings. The van der Waals surface area contributed by atoms with Crippen LogP contribution >= 0.6 is 0 Å². The van der Waals surface area contributed by atoms with Crippen molar-refractivity contribution in [2.24, 2.45) is 7.05 Å². The Morgan fingerprint density at radius 2 is 1.66 bits per heavy atom. The second kappa shape index (κ2) is 8.80. The van der Waals surface area contributed by atoms with E-state index in [-0.39, 0.29) is 11.3 Å². The van der Waals surface area contributed by atoms with Crippen molar-refractivity contribution in [1.82, 2.24) is 4.57 Å². The van der Waals surface area contributed by atoms with Gasteiger partial charge in [-0.15, -0.1) is 0 Å². The number of aliphatic hydroxyl groups is 1. The Morgan fingerprint density at radius 1 is 0.971 bits per heavy atom. The maximum absolute atomic E-state index is 13.4. The number of hydrogen-bond acceptors (Lipinski definition) is 4. The predicted molar refractivity (Wildman–Crippen MR) is 137 cm³/mol. The normalized spacial score (nSPS) is 17.3. The lowest BCUT2D eigenvalue weighted by atomic mass is 9.94. The minimum absolute atomic E-state index is 0.0754. The number of Topliss-reactive ketones (excluding diaryl/α,β-unsaturated/α-hetero) is 1. The number of nitrogens with zero attached hydrogens (tertiary/aromatic N) is 2. The van der Waals surface area contributed by atoms with Crippen LogP contribution in [-0.4, -0.2) is 28.5 Å². The standard InChI is InChI=1S/C29H26N2O4/c1-4-18-9-11-19(12-10-18)27(32)25-26(23-17-30(2)24-8-6-5-7-22(23)24)31(29(34)28(25)33)20-13-15-21(35-3)16-14-20/h5-17,26,32H,4H2,1-3H3/b27-25+. The molecule has 1 aromatic heterocycles. The van der Waals surface area contributed by atoms with E-state index in [1.54, 1.807) is 43.5 Å². The molecule has 0 aliphatic carbocycles. The number of para-hydroxylation sites is 1. The summed E-state index contributed by atoms with van der Waals surface area (Å²) < 4.78 is 7.23. The van der Waals surface area contributed by atoms with Gasteiger partial charge in [-0.3, -0.25) is 14.5 Å². The first kappa shape index (κ1) is 22.5. The molecule has 0 spiro atoms. The van der Waals surface area contributed by atoms with E-state index in [9.17, 15) is 14.7 Å². The fourth-order valence-corrected chi connectivity index (χ4v) is 4.78. The van der Waals surface area contributed by atoms with Crippen LogP contribution in [0.25, 0.3) is 16.7 Å². The van der Waals surface area contributed by atoms with Crippen molar-refractivity contribution in [3.63, 3.8) is 0 Å². The zero-order valence-electron chi connectivity index (χ0n) is 19.9. The van der Waals surface area contributed by atoms with Crippen molar-refractivity contribution in [2.45, 2.75) is 19.4 Å². The van der Waals surface area contributed by atoms with Gasteiger partial charge in [0.05, 0.1) is 18.7 Å². The summed E-state index contributed by atoms with van der Waals surface area (Å²) in [4.78, 5) is 28.3. The van der Waals surface area contributed by atoms with E-state index in [2.05, 4.69) is 6.92 Å². The van der Waals surface area contributed by atoms with Crippen LogP contribution in [0.15, 0.2) is 84.6 Å².